The van der Waals surface area contributed by atoms with Gasteiger partial charge >= 0.3 is 11.9 Å². The van der Waals surface area contributed by atoms with Gasteiger partial charge in [0.2, 0.25) is 0 Å². The summed E-state index contributed by atoms with van der Waals surface area (Å²) >= 11 is 0. The van der Waals surface area contributed by atoms with E-state index in [2.05, 4.69) is 20.5 Å². The Morgan fingerprint density at radius 2 is 1.23 bits per heavy atom. The van der Waals surface area contributed by atoms with E-state index in [0.717, 1.165) is 11.3 Å². The smallest absolute Gasteiger partial charge is 0.305 e. The number of nitrogens with zero attached hydrogens (tertiary/aromatic N) is 6. The molecule has 250 valence electrons. The van der Waals surface area contributed by atoms with Crippen molar-refractivity contribution >= 4 is 46.1 Å². The van der Waals surface area contributed by atoms with Gasteiger partial charge in [-0.2, -0.15) is 10.2 Å². The third-order valence-corrected chi connectivity index (χ3v) is 6.61. The van der Waals surface area contributed by atoms with E-state index in [4.69, 9.17) is 18.9 Å². The molecule has 0 radical (unpaired) electrons. The largest absolute Gasteiger partial charge is 0.491 e. The van der Waals surface area contributed by atoms with Gasteiger partial charge in [-0.05, 0) is 56.7 Å². The molecule has 14 heteroatoms. The second kappa shape index (κ2) is 18.5. The molecule has 0 unspecified atom stereocenters. The zero-order valence-corrected chi connectivity index (χ0v) is 27.3. The normalized spacial score (nSPS) is 11.1. The van der Waals surface area contributed by atoms with Crippen molar-refractivity contribution in [3.8, 4) is 11.5 Å². The number of ether oxygens (including phenoxy) is 4. The number of hydrogen-bond acceptors (Lipinski definition) is 13. The number of rotatable bonds is 18. The van der Waals surface area contributed by atoms with Crippen LogP contribution in [0.15, 0.2) is 75.1 Å². The maximum absolute atomic E-state index is 11.6. The first-order valence-electron chi connectivity index (χ1n) is 15.4. The molecule has 3 aromatic rings. The molecule has 0 spiro atoms. The predicted octanol–water partition coefficient (Wildman–Crippen LogP) is 8.24. The Kier molecular flexibility index (Phi) is 14.2. The molecule has 0 amide bonds. The molecule has 3 aromatic carbocycles. The summed E-state index contributed by atoms with van der Waals surface area (Å²) in [6, 6.07) is 14.7. The molecule has 0 heterocycles. The summed E-state index contributed by atoms with van der Waals surface area (Å²) in [5.74, 6) is 0.259. The Hall–Kier alpha value is -5.40. The molecule has 0 bridgehead atoms. The molecule has 0 aliphatic heterocycles. The first kappa shape index (κ1) is 36.1. The van der Waals surface area contributed by atoms with E-state index in [1.807, 2.05) is 43.9 Å². The standard InChI is InChI=1S/C33H40N6O8/c1-6-32(40)46-18-16-38(17-19-47-33(41)7-2)26-14-15-27(23(5)20-26)35-37-29-22-30(44-8-3)28(21-31(29)45-9-4)36-34-24-10-12-25(13-11-24)39(42)43/h10-15,20-22H,6-9,16-19H2,1-5H3/b36-34+,37-35+. The van der Waals surface area contributed by atoms with Crippen molar-refractivity contribution in [2.75, 3.05) is 44.4 Å². The van der Waals surface area contributed by atoms with Gasteiger partial charge in [-0.25, -0.2) is 0 Å². The van der Waals surface area contributed by atoms with Gasteiger partial charge in [0.1, 0.15) is 36.1 Å². The highest BCUT2D eigenvalue weighted by atomic mass is 16.6. The monoisotopic (exact) mass is 648 g/mol. The van der Waals surface area contributed by atoms with Crippen molar-refractivity contribution in [2.24, 2.45) is 20.5 Å². The van der Waals surface area contributed by atoms with Crippen LogP contribution in [0.2, 0.25) is 0 Å². The lowest BCUT2D eigenvalue weighted by atomic mass is 10.1. The number of carbonyl (C=O) groups is 2. The van der Waals surface area contributed by atoms with E-state index in [0.29, 0.717) is 73.4 Å². The molecule has 0 aliphatic carbocycles. The van der Waals surface area contributed by atoms with E-state index >= 15 is 0 Å². The summed E-state index contributed by atoms with van der Waals surface area (Å²) in [4.78, 5) is 35.7. The maximum Gasteiger partial charge on any atom is 0.305 e. The zero-order chi connectivity index (χ0) is 34.2. The van der Waals surface area contributed by atoms with Gasteiger partial charge in [0.05, 0.1) is 42.6 Å². The molecule has 0 fully saturated rings. The number of azo groups is 2. The quantitative estimate of drug-likeness (QED) is 0.0571. The minimum atomic E-state index is -0.482. The van der Waals surface area contributed by atoms with Crippen molar-refractivity contribution < 1.29 is 33.5 Å². The van der Waals surface area contributed by atoms with Crippen LogP contribution in [0, 0.1) is 17.0 Å². The van der Waals surface area contributed by atoms with E-state index in [9.17, 15) is 19.7 Å². The van der Waals surface area contributed by atoms with Crippen LogP contribution < -0.4 is 14.4 Å². The van der Waals surface area contributed by atoms with Gasteiger partial charge in [0.15, 0.2) is 0 Å². The molecule has 14 nitrogen and oxygen atoms in total. The highest BCUT2D eigenvalue weighted by Crippen LogP contribution is 2.41. The van der Waals surface area contributed by atoms with Gasteiger partial charge < -0.3 is 23.8 Å². The molecule has 0 saturated carbocycles. The molecule has 0 atom stereocenters. The molecular weight excluding hydrogens is 608 g/mol. The number of aryl methyl sites for hydroxylation is 1. The SMILES string of the molecule is CCOc1cc(/N=N/c2ccc(N(CCOC(=O)CC)CCOC(=O)CC)cc2C)c(OCC)cc1/N=N/c1ccc([N+](=O)[O-])cc1. The average Bonchev–Trinajstić information content (AvgIpc) is 3.07. The van der Waals surface area contributed by atoms with Gasteiger partial charge in [0.25, 0.3) is 5.69 Å². The summed E-state index contributed by atoms with van der Waals surface area (Å²) in [5.41, 5.74) is 3.50. The Bertz CT molecular complexity index is 1550. The second-order valence-corrected chi connectivity index (χ2v) is 9.93. The lowest BCUT2D eigenvalue weighted by molar-refractivity contribution is -0.384. The second-order valence-electron chi connectivity index (χ2n) is 9.93. The van der Waals surface area contributed by atoms with Crippen LogP contribution in [0.5, 0.6) is 11.5 Å². The number of anilines is 1. The van der Waals surface area contributed by atoms with E-state index in [1.165, 1.54) is 24.3 Å². The molecule has 0 N–H and O–H groups in total. The molecule has 47 heavy (non-hydrogen) atoms. The number of benzene rings is 3. The fraction of sp³-hybridized carbons (Fsp3) is 0.394. The predicted molar refractivity (Wildman–Crippen MR) is 176 cm³/mol. The molecule has 0 aromatic heterocycles. The minimum Gasteiger partial charge on any atom is -0.491 e. The number of carbonyl (C=O) groups excluding carboxylic acids is 2. The number of nitro groups is 1. The number of nitro benzene ring substituents is 1. The number of esters is 2. The van der Waals surface area contributed by atoms with Gasteiger partial charge in [0, 0.05) is 42.8 Å². The third-order valence-electron chi connectivity index (χ3n) is 6.61. The lowest BCUT2D eigenvalue weighted by Gasteiger charge is -2.25. The van der Waals surface area contributed by atoms with Gasteiger partial charge in [-0.1, -0.05) is 13.8 Å². The van der Waals surface area contributed by atoms with Gasteiger partial charge in [-0.15, -0.1) is 10.2 Å². The van der Waals surface area contributed by atoms with Crippen LogP contribution in [-0.2, 0) is 19.1 Å². The maximum atomic E-state index is 11.6. The molecule has 3 rings (SSSR count). The number of hydrogen-bond donors (Lipinski definition) is 0. The van der Waals surface area contributed by atoms with E-state index in [-0.39, 0.29) is 30.8 Å². The summed E-state index contributed by atoms with van der Waals surface area (Å²) in [6.45, 7) is 11.0. The summed E-state index contributed by atoms with van der Waals surface area (Å²) in [5, 5.41) is 28.4. The molecule has 0 aliphatic rings. The summed E-state index contributed by atoms with van der Waals surface area (Å²) < 4.78 is 22.2. The Labute approximate surface area is 273 Å². The topological polar surface area (TPSA) is 167 Å². The van der Waals surface area contributed by atoms with Crippen LogP contribution in [-0.4, -0.2) is 56.4 Å². The van der Waals surface area contributed by atoms with Crippen LogP contribution in [0.3, 0.4) is 0 Å². The lowest BCUT2D eigenvalue weighted by Crippen LogP contribution is -2.32. The van der Waals surface area contributed by atoms with Crippen LogP contribution in [0.1, 0.15) is 46.1 Å². The summed E-state index contributed by atoms with van der Waals surface area (Å²) in [6.07, 6.45) is 0.581. The fourth-order valence-corrected chi connectivity index (χ4v) is 4.16. The Morgan fingerprint density at radius 1 is 0.723 bits per heavy atom. The van der Waals surface area contributed by atoms with Crippen LogP contribution in [0.25, 0.3) is 0 Å². The molecular formula is C33H40N6O8. The first-order chi connectivity index (χ1) is 22.7. The third kappa shape index (κ3) is 11.2. The molecule has 0 saturated heterocycles. The highest BCUT2D eigenvalue weighted by Gasteiger charge is 2.14. The van der Waals surface area contributed by atoms with E-state index < -0.39 is 4.92 Å². The minimum absolute atomic E-state index is 0.0427. The Morgan fingerprint density at radius 3 is 1.70 bits per heavy atom. The van der Waals surface area contributed by atoms with Gasteiger partial charge in [-0.3, -0.25) is 19.7 Å². The van der Waals surface area contributed by atoms with Crippen molar-refractivity contribution in [3.63, 3.8) is 0 Å². The highest BCUT2D eigenvalue weighted by molar-refractivity contribution is 5.69. The van der Waals surface area contributed by atoms with Crippen molar-refractivity contribution in [3.05, 3.63) is 70.3 Å². The van der Waals surface area contributed by atoms with Crippen LogP contribution >= 0.6 is 0 Å². The summed E-state index contributed by atoms with van der Waals surface area (Å²) in [7, 11) is 0. The number of non-ortho nitro benzene ring substituents is 1. The van der Waals surface area contributed by atoms with Crippen molar-refractivity contribution in [2.45, 2.75) is 47.5 Å². The van der Waals surface area contributed by atoms with Crippen molar-refractivity contribution in [1.82, 2.24) is 0 Å². The Balaban J connectivity index is 1.86. The van der Waals surface area contributed by atoms with Crippen molar-refractivity contribution in [1.29, 1.82) is 0 Å². The fourth-order valence-electron chi connectivity index (χ4n) is 4.16. The van der Waals surface area contributed by atoms with E-state index in [1.54, 1.807) is 26.0 Å². The average molecular weight is 649 g/mol. The first-order valence-corrected chi connectivity index (χ1v) is 15.4. The van der Waals surface area contributed by atoms with Crippen LogP contribution in [0.4, 0.5) is 34.1 Å². The zero-order valence-electron chi connectivity index (χ0n) is 27.3.